The maximum atomic E-state index is 10.6. The number of hydrogen-bond donors (Lipinski definition) is 1. The van der Waals surface area contributed by atoms with Crippen molar-refractivity contribution < 1.29 is 11.3 Å². The van der Waals surface area contributed by atoms with Crippen LogP contribution in [0.5, 0.6) is 0 Å². The molecule has 0 aliphatic heterocycles. The molecule has 0 amide bonds. The van der Waals surface area contributed by atoms with E-state index in [4.69, 9.17) is 1.37 Å². The first kappa shape index (κ1) is 10.4. The molecule has 2 nitrogen and oxygen atoms in total. The average Bonchev–Trinajstić information content (AvgIpc) is 2.14. The molecule has 1 unspecified atom stereocenters. The highest BCUT2D eigenvalue weighted by Gasteiger charge is 2.13. The number of hydrogen-bond acceptors (Lipinski definition) is 2. The summed E-state index contributed by atoms with van der Waals surface area (Å²) in [6.45, 7) is 5.24. The van der Waals surface area contributed by atoms with E-state index in [1.165, 1.54) is 0 Å². The van der Waals surface area contributed by atoms with Gasteiger partial charge in [0.15, 0.2) is 0 Å². The molecule has 2 heteroatoms. The molecule has 0 saturated carbocycles. The molecule has 1 atom stereocenters. The number of carbonyl (C=O) groups excluding carboxylic acids is 1. The van der Waals surface area contributed by atoms with Crippen molar-refractivity contribution in [3.05, 3.63) is 35.4 Å². The Kier molecular flexibility index (Phi) is 3.17. The fraction of sp³-hybridized carbons (Fsp3) is 0.462. The highest BCUT2D eigenvalue weighted by Crippen LogP contribution is 2.17. The molecular formula is C13H18O2. The van der Waals surface area contributed by atoms with Crippen LogP contribution in [-0.4, -0.2) is 17.0 Å². The second-order valence-corrected chi connectivity index (χ2v) is 4.57. The molecule has 1 N–H and O–H groups in total. The molecule has 0 fully saturated rings. The highest BCUT2D eigenvalue weighted by molar-refractivity contribution is 5.61. The summed E-state index contributed by atoms with van der Waals surface area (Å²) < 4.78 is 7.81. The quantitative estimate of drug-likeness (QED) is 0.769. The van der Waals surface area contributed by atoms with Gasteiger partial charge in [-0.25, -0.2) is 0 Å². The van der Waals surface area contributed by atoms with Gasteiger partial charge in [-0.1, -0.05) is 31.2 Å². The summed E-state index contributed by atoms with van der Waals surface area (Å²) in [5.41, 5.74) is 0.873. The zero-order chi connectivity index (χ0) is 12.3. The predicted octanol–water partition coefficient (Wildman–Crippen LogP) is 2.30. The van der Waals surface area contributed by atoms with Crippen LogP contribution in [0.4, 0.5) is 0 Å². The number of carbonyl (C=O) groups is 1. The largest absolute Gasteiger partial charge is 0.390 e. The molecule has 0 bridgehead atoms. The van der Waals surface area contributed by atoms with Crippen LogP contribution in [0.15, 0.2) is 24.2 Å². The Morgan fingerprint density at radius 3 is 2.67 bits per heavy atom. The third-order valence-electron chi connectivity index (χ3n) is 2.23. The average molecular weight is 207 g/mol. The summed E-state index contributed by atoms with van der Waals surface area (Å²) in [5, 5.41) is 9.67. The van der Waals surface area contributed by atoms with Crippen LogP contribution < -0.4 is 0 Å². The lowest BCUT2D eigenvalue weighted by molar-refractivity contribution is -0.108. The van der Waals surface area contributed by atoms with E-state index in [0.717, 1.165) is 17.4 Å². The second-order valence-electron chi connectivity index (χ2n) is 4.57. The summed E-state index contributed by atoms with van der Waals surface area (Å²) >= 11 is 0. The zero-order valence-electron chi connectivity index (χ0n) is 10.4. The van der Waals surface area contributed by atoms with E-state index < -0.39 is 5.60 Å². The van der Waals surface area contributed by atoms with Gasteiger partial charge in [0.05, 0.1) is 6.97 Å². The van der Waals surface area contributed by atoms with Crippen molar-refractivity contribution in [2.24, 2.45) is 0 Å². The number of aldehydes is 1. The van der Waals surface area contributed by atoms with Gasteiger partial charge in [0.25, 0.3) is 0 Å². The van der Waals surface area contributed by atoms with E-state index in [1.807, 2.05) is 6.07 Å². The van der Waals surface area contributed by atoms with Gasteiger partial charge < -0.3 is 9.90 Å². The van der Waals surface area contributed by atoms with Crippen LogP contribution in [0.3, 0.4) is 0 Å². The normalized spacial score (nSPS) is 14.5. The maximum absolute atomic E-state index is 10.6. The third kappa shape index (κ3) is 3.84. The summed E-state index contributed by atoms with van der Waals surface area (Å²) in [4.78, 5) is 10.6. The van der Waals surface area contributed by atoms with E-state index in [1.54, 1.807) is 32.9 Å². The van der Waals surface area contributed by atoms with Crippen LogP contribution >= 0.6 is 0 Å². The van der Waals surface area contributed by atoms with Crippen molar-refractivity contribution in [3.8, 4) is 0 Å². The number of benzene rings is 1. The van der Waals surface area contributed by atoms with Crippen LogP contribution in [0, 0.1) is 0 Å². The van der Waals surface area contributed by atoms with Crippen molar-refractivity contribution in [3.63, 3.8) is 0 Å². The maximum Gasteiger partial charge on any atom is 0.127 e. The minimum atomic E-state index is -0.774. The summed E-state index contributed by atoms with van der Waals surface area (Å²) in [6.07, 6.45) is 1.34. The SMILES string of the molecule is [2H]c1cc(CC(C)(C)O)ccc1C(C)C=O. The number of rotatable bonds is 4. The molecule has 0 spiro atoms. The van der Waals surface area contributed by atoms with Gasteiger partial charge in [0, 0.05) is 12.3 Å². The number of aliphatic hydroxyl groups is 1. The van der Waals surface area contributed by atoms with Crippen LogP contribution in [0.25, 0.3) is 0 Å². The van der Waals surface area contributed by atoms with Gasteiger partial charge >= 0.3 is 0 Å². The Balaban J connectivity index is 2.95. The lowest BCUT2D eigenvalue weighted by Crippen LogP contribution is -2.21. The molecule has 0 aliphatic carbocycles. The van der Waals surface area contributed by atoms with Gasteiger partial charge in [-0.05, 0) is 25.0 Å². The van der Waals surface area contributed by atoms with Gasteiger partial charge in [0.1, 0.15) is 6.29 Å². The molecule has 82 valence electrons. The fourth-order valence-electron chi connectivity index (χ4n) is 1.44. The minimum Gasteiger partial charge on any atom is -0.390 e. The molecule has 1 aromatic rings. The Hall–Kier alpha value is -1.15. The monoisotopic (exact) mass is 207 g/mol. The second kappa shape index (κ2) is 4.58. The lowest BCUT2D eigenvalue weighted by atomic mass is 9.95. The van der Waals surface area contributed by atoms with Crippen molar-refractivity contribution >= 4 is 6.29 Å². The molecule has 0 saturated heterocycles. The predicted molar refractivity (Wildman–Crippen MR) is 60.9 cm³/mol. The van der Waals surface area contributed by atoms with E-state index in [0.29, 0.717) is 12.5 Å². The Bertz CT molecular complexity index is 380. The van der Waals surface area contributed by atoms with Gasteiger partial charge in [-0.15, -0.1) is 0 Å². The first-order chi connectivity index (χ1) is 7.33. The molecule has 0 radical (unpaired) electrons. The van der Waals surface area contributed by atoms with Crippen molar-refractivity contribution in [1.82, 2.24) is 0 Å². The van der Waals surface area contributed by atoms with E-state index in [-0.39, 0.29) is 5.92 Å². The highest BCUT2D eigenvalue weighted by atomic mass is 16.3. The van der Waals surface area contributed by atoms with Crippen molar-refractivity contribution in [2.45, 2.75) is 38.7 Å². The van der Waals surface area contributed by atoms with Crippen molar-refractivity contribution in [2.75, 3.05) is 0 Å². The summed E-state index contributed by atoms with van der Waals surface area (Å²) in [7, 11) is 0. The zero-order valence-corrected chi connectivity index (χ0v) is 9.45. The third-order valence-corrected chi connectivity index (χ3v) is 2.23. The first-order valence-electron chi connectivity index (χ1n) is 5.60. The standard InChI is InChI=1S/C13H18O2/c1-10(9-14)12-6-4-11(5-7-12)8-13(2,3)15/h4-7,9-10,15H,8H2,1-3H3/i6D. The smallest absolute Gasteiger partial charge is 0.127 e. The van der Waals surface area contributed by atoms with Crippen LogP contribution in [0.1, 0.15) is 39.2 Å². The topological polar surface area (TPSA) is 37.3 Å². The molecule has 0 heterocycles. The van der Waals surface area contributed by atoms with Crippen LogP contribution in [0.2, 0.25) is 0 Å². The lowest BCUT2D eigenvalue weighted by Gasteiger charge is -2.17. The Morgan fingerprint density at radius 2 is 2.20 bits per heavy atom. The van der Waals surface area contributed by atoms with Gasteiger partial charge in [-0.3, -0.25) is 0 Å². The molecule has 0 aromatic heterocycles. The van der Waals surface area contributed by atoms with E-state index >= 15 is 0 Å². The minimum absolute atomic E-state index is 0.247. The summed E-state index contributed by atoms with van der Waals surface area (Å²) in [5.74, 6) is -0.247. The molecule has 15 heavy (non-hydrogen) atoms. The summed E-state index contributed by atoms with van der Waals surface area (Å²) in [6, 6.07) is 5.74. The Morgan fingerprint density at radius 1 is 1.53 bits per heavy atom. The first-order valence-corrected chi connectivity index (χ1v) is 5.10. The van der Waals surface area contributed by atoms with E-state index in [9.17, 15) is 9.90 Å². The fourth-order valence-corrected chi connectivity index (χ4v) is 1.44. The van der Waals surface area contributed by atoms with Crippen molar-refractivity contribution in [1.29, 1.82) is 0 Å². The van der Waals surface area contributed by atoms with Crippen LogP contribution in [-0.2, 0) is 11.2 Å². The molecular weight excluding hydrogens is 188 g/mol. The molecule has 0 aliphatic rings. The molecule has 1 aromatic carbocycles. The van der Waals surface area contributed by atoms with Gasteiger partial charge in [-0.2, -0.15) is 0 Å². The molecule has 1 rings (SSSR count). The van der Waals surface area contributed by atoms with Gasteiger partial charge in [0.2, 0.25) is 0 Å². The Labute approximate surface area is 92.3 Å². The van der Waals surface area contributed by atoms with E-state index in [2.05, 4.69) is 0 Å².